The highest BCUT2D eigenvalue weighted by Gasteiger charge is 2.13. The van der Waals surface area contributed by atoms with Gasteiger partial charge >= 0.3 is 0 Å². The van der Waals surface area contributed by atoms with Gasteiger partial charge in [0.25, 0.3) is 0 Å². The quantitative estimate of drug-likeness (QED) is 0.389. The van der Waals surface area contributed by atoms with E-state index in [0.717, 1.165) is 44.3 Å². The molecule has 0 amide bonds. The molecule has 5 heteroatoms. The molecule has 0 unspecified atom stereocenters. The average Bonchev–Trinajstić information content (AvgIpc) is 2.34. The summed E-state index contributed by atoms with van der Waals surface area (Å²) in [6.07, 6.45) is 4.09. The molecule has 0 bridgehead atoms. The van der Waals surface area contributed by atoms with Crippen LogP contribution in [0.5, 0.6) is 0 Å². The van der Waals surface area contributed by atoms with Gasteiger partial charge in [-0.25, -0.2) is 0 Å². The summed E-state index contributed by atoms with van der Waals surface area (Å²) >= 11 is 24.2. The highest BCUT2D eigenvalue weighted by Crippen LogP contribution is 2.38. The van der Waals surface area contributed by atoms with E-state index in [-0.39, 0.29) is 0 Å². The van der Waals surface area contributed by atoms with Crippen LogP contribution < -0.4 is 5.32 Å². The molecule has 0 aliphatic rings. The number of benzene rings is 1. The molecule has 0 spiro atoms. The highest BCUT2D eigenvalue weighted by atomic mass is 35.5. The van der Waals surface area contributed by atoms with E-state index in [9.17, 15) is 0 Å². The lowest BCUT2D eigenvalue weighted by Gasteiger charge is -2.10. The molecule has 102 valence electrons. The number of halogens is 4. The Hall–Kier alpha value is 0.340. The highest BCUT2D eigenvalue weighted by molar-refractivity contribution is 6.49. The van der Waals surface area contributed by atoms with Crippen LogP contribution in [0.25, 0.3) is 0 Å². The summed E-state index contributed by atoms with van der Waals surface area (Å²) in [5.41, 5.74) is 0.892. The summed E-state index contributed by atoms with van der Waals surface area (Å²) in [5.74, 6) is 0. The fourth-order valence-electron chi connectivity index (χ4n) is 1.69. The molecule has 0 aromatic heterocycles. The minimum Gasteiger partial charge on any atom is -0.317 e. The van der Waals surface area contributed by atoms with Crippen LogP contribution in [0, 0.1) is 0 Å². The molecule has 0 saturated heterocycles. The second-order valence-electron chi connectivity index (χ2n) is 4.15. The molecular weight excluding hydrogens is 312 g/mol. The zero-order valence-corrected chi connectivity index (χ0v) is 13.4. The molecule has 0 aliphatic heterocycles. The van der Waals surface area contributed by atoms with Crippen molar-refractivity contribution in [2.45, 2.75) is 32.6 Å². The Bertz CT molecular complexity index is 393. The molecule has 0 saturated carbocycles. The summed E-state index contributed by atoms with van der Waals surface area (Å²) in [6, 6.07) is 1.65. The lowest BCUT2D eigenvalue weighted by Crippen LogP contribution is -2.15. The van der Waals surface area contributed by atoms with Gasteiger partial charge < -0.3 is 5.32 Å². The Morgan fingerprint density at radius 1 is 0.944 bits per heavy atom. The van der Waals surface area contributed by atoms with Gasteiger partial charge in [0.2, 0.25) is 0 Å². The van der Waals surface area contributed by atoms with E-state index < -0.39 is 0 Å². The molecule has 0 radical (unpaired) electrons. The Morgan fingerprint density at radius 3 is 2.33 bits per heavy atom. The molecule has 1 aromatic carbocycles. The van der Waals surface area contributed by atoms with Crippen LogP contribution in [0.4, 0.5) is 0 Å². The van der Waals surface area contributed by atoms with Crippen molar-refractivity contribution in [3.63, 3.8) is 0 Å². The molecule has 18 heavy (non-hydrogen) atoms. The van der Waals surface area contributed by atoms with Crippen molar-refractivity contribution >= 4 is 46.4 Å². The van der Waals surface area contributed by atoms with Gasteiger partial charge in [-0.2, -0.15) is 0 Å². The lowest BCUT2D eigenvalue weighted by atomic mass is 10.1. The normalized spacial score (nSPS) is 10.9. The van der Waals surface area contributed by atoms with Crippen LogP contribution in [0.3, 0.4) is 0 Å². The SMILES string of the molecule is CCCNCCCCc1c(Cl)cc(Cl)c(Cl)c1Cl. The van der Waals surface area contributed by atoms with E-state index in [0.29, 0.717) is 20.1 Å². The van der Waals surface area contributed by atoms with E-state index >= 15 is 0 Å². The van der Waals surface area contributed by atoms with Crippen LogP contribution in [-0.2, 0) is 6.42 Å². The first-order chi connectivity index (χ1) is 8.57. The van der Waals surface area contributed by atoms with Crippen molar-refractivity contribution in [1.82, 2.24) is 5.32 Å². The maximum absolute atomic E-state index is 6.15. The third-order valence-electron chi connectivity index (χ3n) is 2.67. The molecular formula is C13H17Cl4N. The third kappa shape index (κ3) is 4.79. The summed E-state index contributed by atoms with van der Waals surface area (Å²) in [6.45, 7) is 4.24. The lowest BCUT2D eigenvalue weighted by molar-refractivity contribution is 0.617. The summed E-state index contributed by atoms with van der Waals surface area (Å²) in [5, 5.41) is 5.23. The first-order valence-electron chi connectivity index (χ1n) is 6.10. The number of hydrogen-bond donors (Lipinski definition) is 1. The standard InChI is InChI=1S/C13H17Cl4N/c1-2-6-18-7-4-3-5-9-10(14)8-11(15)13(17)12(9)16/h8,18H,2-7H2,1H3. The van der Waals surface area contributed by atoms with E-state index in [1.165, 1.54) is 0 Å². The minimum absolute atomic E-state index is 0.391. The Morgan fingerprint density at radius 2 is 1.67 bits per heavy atom. The second kappa shape index (κ2) is 8.50. The van der Waals surface area contributed by atoms with Crippen molar-refractivity contribution in [3.8, 4) is 0 Å². The van der Waals surface area contributed by atoms with Crippen LogP contribution in [0.2, 0.25) is 20.1 Å². The maximum atomic E-state index is 6.15. The van der Waals surface area contributed by atoms with Gasteiger partial charge in [-0.05, 0) is 50.4 Å². The maximum Gasteiger partial charge on any atom is 0.0782 e. The van der Waals surface area contributed by atoms with Gasteiger partial charge in [-0.15, -0.1) is 0 Å². The third-order valence-corrected chi connectivity index (χ3v) is 4.30. The van der Waals surface area contributed by atoms with E-state index in [2.05, 4.69) is 12.2 Å². The van der Waals surface area contributed by atoms with Gasteiger partial charge in [0.15, 0.2) is 0 Å². The van der Waals surface area contributed by atoms with Gasteiger partial charge in [0.1, 0.15) is 0 Å². The molecule has 0 atom stereocenters. The first-order valence-corrected chi connectivity index (χ1v) is 7.61. The Labute approximate surface area is 129 Å². The van der Waals surface area contributed by atoms with Crippen molar-refractivity contribution in [3.05, 3.63) is 31.7 Å². The smallest absolute Gasteiger partial charge is 0.0782 e. The van der Waals surface area contributed by atoms with E-state index in [1.54, 1.807) is 6.07 Å². The van der Waals surface area contributed by atoms with Crippen molar-refractivity contribution < 1.29 is 0 Å². The molecule has 0 aliphatic carbocycles. The molecule has 0 fully saturated rings. The van der Waals surface area contributed by atoms with Crippen molar-refractivity contribution in [1.29, 1.82) is 0 Å². The van der Waals surface area contributed by atoms with E-state index in [1.807, 2.05) is 0 Å². The van der Waals surface area contributed by atoms with Gasteiger partial charge in [0, 0.05) is 5.02 Å². The fourth-order valence-corrected chi connectivity index (χ4v) is 2.81. The Kier molecular flexibility index (Phi) is 7.74. The molecule has 0 heterocycles. The van der Waals surface area contributed by atoms with Gasteiger partial charge in [0.05, 0.1) is 15.1 Å². The molecule has 1 aromatic rings. The van der Waals surface area contributed by atoms with Crippen molar-refractivity contribution in [2.75, 3.05) is 13.1 Å². The van der Waals surface area contributed by atoms with Gasteiger partial charge in [-0.1, -0.05) is 53.3 Å². The van der Waals surface area contributed by atoms with E-state index in [4.69, 9.17) is 46.4 Å². The second-order valence-corrected chi connectivity index (χ2v) is 5.72. The average molecular weight is 329 g/mol. The van der Waals surface area contributed by atoms with Crippen LogP contribution >= 0.6 is 46.4 Å². The summed E-state index contributed by atoms with van der Waals surface area (Å²) in [4.78, 5) is 0. The summed E-state index contributed by atoms with van der Waals surface area (Å²) in [7, 11) is 0. The summed E-state index contributed by atoms with van der Waals surface area (Å²) < 4.78 is 0. The molecule has 1 rings (SSSR count). The number of nitrogens with one attached hydrogen (secondary N) is 1. The predicted molar refractivity (Wildman–Crippen MR) is 82.6 cm³/mol. The first kappa shape index (κ1) is 16.4. The minimum atomic E-state index is 0.391. The van der Waals surface area contributed by atoms with Crippen LogP contribution in [0.15, 0.2) is 6.07 Å². The van der Waals surface area contributed by atoms with Crippen molar-refractivity contribution in [2.24, 2.45) is 0 Å². The monoisotopic (exact) mass is 327 g/mol. The largest absolute Gasteiger partial charge is 0.317 e. The number of rotatable bonds is 7. The number of unbranched alkanes of at least 4 members (excludes halogenated alkanes) is 1. The molecule has 1 nitrogen and oxygen atoms in total. The zero-order chi connectivity index (χ0) is 13.5. The fraction of sp³-hybridized carbons (Fsp3) is 0.538. The van der Waals surface area contributed by atoms with Crippen LogP contribution in [0.1, 0.15) is 31.7 Å². The zero-order valence-electron chi connectivity index (χ0n) is 10.3. The predicted octanol–water partition coefficient (Wildman–Crippen LogP) is 5.62. The van der Waals surface area contributed by atoms with Gasteiger partial charge in [-0.3, -0.25) is 0 Å². The molecule has 1 N–H and O–H groups in total. The van der Waals surface area contributed by atoms with Crippen LogP contribution in [-0.4, -0.2) is 13.1 Å². The topological polar surface area (TPSA) is 12.0 Å². The Balaban J connectivity index is 2.50. The number of hydrogen-bond acceptors (Lipinski definition) is 1.